The molecule has 0 heterocycles. The van der Waals surface area contributed by atoms with E-state index in [2.05, 4.69) is 0 Å². The zero-order chi connectivity index (χ0) is 23.4. The lowest BCUT2D eigenvalue weighted by molar-refractivity contribution is -0.147. The molecule has 8 heteroatoms. The fraction of sp³-hybridized carbons (Fsp3) is 0.333. The molecule has 2 aromatic rings. The minimum absolute atomic E-state index is 0.179. The van der Waals surface area contributed by atoms with Crippen LogP contribution in [0.2, 0.25) is 0 Å². The Morgan fingerprint density at radius 1 is 0.719 bits per heavy atom. The fourth-order valence-electron chi connectivity index (χ4n) is 4.03. The Kier molecular flexibility index (Phi) is 6.92. The molecule has 0 aromatic heterocycles. The Bertz CT molecular complexity index is 1060. The van der Waals surface area contributed by atoms with Crippen molar-refractivity contribution in [2.24, 2.45) is 5.92 Å². The minimum atomic E-state index is -0.948. The summed E-state index contributed by atoms with van der Waals surface area (Å²) in [6.45, 7) is 0. The van der Waals surface area contributed by atoms with E-state index in [1.54, 1.807) is 37.5 Å². The van der Waals surface area contributed by atoms with Crippen molar-refractivity contribution in [1.82, 2.24) is 0 Å². The van der Waals surface area contributed by atoms with Crippen LogP contribution in [0.3, 0.4) is 0 Å². The van der Waals surface area contributed by atoms with Gasteiger partial charge in [0.15, 0.2) is 23.0 Å². The van der Waals surface area contributed by atoms with Crippen molar-refractivity contribution >= 4 is 18.0 Å². The smallest absolute Gasteiger partial charge is 0.334 e. The zero-order valence-corrected chi connectivity index (χ0v) is 18.9. The number of rotatable bonds is 7. The molecule has 0 amide bonds. The van der Waals surface area contributed by atoms with E-state index in [1.165, 1.54) is 35.5 Å². The standard InChI is InChI=1S/C24H26O8/c1-27-17-8-7-13(10-18(17)28-2)21-15-12-20(30-4)19(29-3)11-14(15)9-16(23(25)31-5)22(21)24(26)32-6/h7-12,21-22H,1-6H3. The number of hydrogen-bond donors (Lipinski definition) is 0. The number of carbonyl (C=O) groups excluding carboxylic acids is 2. The highest BCUT2D eigenvalue weighted by Gasteiger charge is 2.42. The molecule has 2 aromatic carbocycles. The van der Waals surface area contributed by atoms with Crippen molar-refractivity contribution in [3.05, 3.63) is 52.6 Å². The largest absolute Gasteiger partial charge is 0.493 e. The van der Waals surface area contributed by atoms with Crippen molar-refractivity contribution in [1.29, 1.82) is 0 Å². The van der Waals surface area contributed by atoms with Crippen molar-refractivity contribution in [3.63, 3.8) is 0 Å². The molecular formula is C24H26O8. The van der Waals surface area contributed by atoms with Crippen LogP contribution in [0.1, 0.15) is 22.6 Å². The molecule has 0 fully saturated rings. The summed E-state index contributed by atoms with van der Waals surface area (Å²) >= 11 is 0. The predicted octanol–water partition coefficient (Wildman–Crippen LogP) is 3.21. The van der Waals surface area contributed by atoms with Gasteiger partial charge in [-0.2, -0.15) is 0 Å². The first kappa shape index (κ1) is 23.0. The Balaban J connectivity index is 2.34. The van der Waals surface area contributed by atoms with Gasteiger partial charge in [0.2, 0.25) is 0 Å². The maximum atomic E-state index is 13.0. The summed E-state index contributed by atoms with van der Waals surface area (Å²) in [5.41, 5.74) is 2.36. The van der Waals surface area contributed by atoms with Crippen LogP contribution < -0.4 is 18.9 Å². The summed E-state index contributed by atoms with van der Waals surface area (Å²) in [7, 11) is 8.69. The number of carbonyl (C=O) groups is 2. The fourth-order valence-corrected chi connectivity index (χ4v) is 4.03. The number of fused-ring (bicyclic) bond motifs is 1. The normalized spacial score (nSPS) is 16.9. The molecule has 0 saturated heterocycles. The lowest BCUT2D eigenvalue weighted by atomic mass is 9.71. The molecule has 0 saturated carbocycles. The molecule has 1 aliphatic carbocycles. The van der Waals surface area contributed by atoms with Crippen LogP contribution in [0.25, 0.3) is 6.08 Å². The predicted molar refractivity (Wildman–Crippen MR) is 116 cm³/mol. The summed E-state index contributed by atoms with van der Waals surface area (Å²) in [4.78, 5) is 25.7. The summed E-state index contributed by atoms with van der Waals surface area (Å²) in [6.07, 6.45) is 1.63. The van der Waals surface area contributed by atoms with Crippen LogP contribution in [0, 0.1) is 5.92 Å². The lowest BCUT2D eigenvalue weighted by Gasteiger charge is -2.33. The number of benzene rings is 2. The highest BCUT2D eigenvalue weighted by Crippen LogP contribution is 2.48. The molecule has 0 spiro atoms. The molecule has 2 unspecified atom stereocenters. The summed E-state index contributed by atoms with van der Waals surface area (Å²) in [5.74, 6) is -0.701. The van der Waals surface area contributed by atoms with E-state index in [9.17, 15) is 9.59 Å². The van der Waals surface area contributed by atoms with E-state index < -0.39 is 23.8 Å². The number of hydrogen-bond acceptors (Lipinski definition) is 8. The third kappa shape index (κ3) is 3.95. The Hall–Kier alpha value is -3.68. The van der Waals surface area contributed by atoms with Gasteiger partial charge in [0.05, 0.1) is 54.1 Å². The van der Waals surface area contributed by atoms with Gasteiger partial charge >= 0.3 is 11.9 Å². The van der Waals surface area contributed by atoms with Gasteiger partial charge < -0.3 is 28.4 Å². The molecule has 1 aliphatic rings. The first-order chi connectivity index (χ1) is 15.4. The number of ether oxygens (including phenoxy) is 6. The van der Waals surface area contributed by atoms with Crippen molar-refractivity contribution in [3.8, 4) is 23.0 Å². The Labute approximate surface area is 186 Å². The molecule has 0 N–H and O–H groups in total. The molecule has 0 radical (unpaired) electrons. The van der Waals surface area contributed by atoms with E-state index in [0.29, 0.717) is 28.6 Å². The van der Waals surface area contributed by atoms with Crippen LogP contribution in [-0.2, 0) is 19.1 Å². The molecule has 2 atom stereocenters. The average molecular weight is 442 g/mol. The monoisotopic (exact) mass is 442 g/mol. The van der Waals surface area contributed by atoms with E-state index in [1.807, 2.05) is 6.07 Å². The van der Waals surface area contributed by atoms with E-state index in [-0.39, 0.29) is 5.57 Å². The zero-order valence-electron chi connectivity index (χ0n) is 18.9. The van der Waals surface area contributed by atoms with Crippen molar-refractivity contribution < 1.29 is 38.0 Å². The highest BCUT2D eigenvalue weighted by atomic mass is 16.5. The quantitative estimate of drug-likeness (QED) is 0.604. The van der Waals surface area contributed by atoms with Gasteiger partial charge in [-0.25, -0.2) is 4.79 Å². The number of methoxy groups -OCH3 is 6. The van der Waals surface area contributed by atoms with Gasteiger partial charge in [-0.1, -0.05) is 6.07 Å². The highest BCUT2D eigenvalue weighted by molar-refractivity contribution is 6.02. The van der Waals surface area contributed by atoms with Gasteiger partial charge in [-0.05, 0) is 47.0 Å². The topological polar surface area (TPSA) is 89.5 Å². The van der Waals surface area contributed by atoms with Crippen LogP contribution in [-0.4, -0.2) is 54.6 Å². The van der Waals surface area contributed by atoms with Gasteiger partial charge in [-0.3, -0.25) is 4.79 Å². The van der Waals surface area contributed by atoms with Crippen molar-refractivity contribution in [2.45, 2.75) is 5.92 Å². The van der Waals surface area contributed by atoms with Crippen LogP contribution in [0.15, 0.2) is 35.9 Å². The SMILES string of the molecule is COC(=O)C1=Cc2cc(OC)c(OC)cc2C(c2ccc(OC)c(OC)c2)C1C(=O)OC. The Morgan fingerprint density at radius 3 is 1.88 bits per heavy atom. The number of esters is 2. The second kappa shape index (κ2) is 9.64. The van der Waals surface area contributed by atoms with Crippen LogP contribution >= 0.6 is 0 Å². The maximum absolute atomic E-state index is 13.0. The van der Waals surface area contributed by atoms with Crippen molar-refractivity contribution in [2.75, 3.05) is 42.7 Å². The molecule has 0 bridgehead atoms. The lowest BCUT2D eigenvalue weighted by Crippen LogP contribution is -2.32. The summed E-state index contributed by atoms with van der Waals surface area (Å²) < 4.78 is 31.8. The molecule has 32 heavy (non-hydrogen) atoms. The van der Waals surface area contributed by atoms with Gasteiger partial charge in [0.1, 0.15) is 0 Å². The average Bonchev–Trinajstić information content (AvgIpc) is 2.84. The maximum Gasteiger partial charge on any atom is 0.334 e. The van der Waals surface area contributed by atoms with Gasteiger partial charge in [0, 0.05) is 5.92 Å². The first-order valence-electron chi connectivity index (χ1n) is 9.79. The summed E-state index contributed by atoms with van der Waals surface area (Å²) in [6, 6.07) is 8.91. The Morgan fingerprint density at radius 2 is 1.31 bits per heavy atom. The third-order valence-electron chi connectivity index (χ3n) is 5.55. The van der Waals surface area contributed by atoms with E-state index in [4.69, 9.17) is 28.4 Å². The third-order valence-corrected chi connectivity index (χ3v) is 5.55. The molecule has 3 rings (SSSR count). The van der Waals surface area contributed by atoms with Crippen LogP contribution in [0.5, 0.6) is 23.0 Å². The summed E-state index contributed by atoms with van der Waals surface area (Å²) in [5, 5.41) is 0. The van der Waals surface area contributed by atoms with Gasteiger partial charge in [-0.15, -0.1) is 0 Å². The molecule has 8 nitrogen and oxygen atoms in total. The molecular weight excluding hydrogens is 416 g/mol. The minimum Gasteiger partial charge on any atom is -0.493 e. The molecule has 170 valence electrons. The second-order valence-electron chi connectivity index (χ2n) is 7.02. The van der Waals surface area contributed by atoms with E-state index >= 15 is 0 Å². The first-order valence-corrected chi connectivity index (χ1v) is 9.79. The van der Waals surface area contributed by atoms with Crippen LogP contribution in [0.4, 0.5) is 0 Å². The second-order valence-corrected chi connectivity index (χ2v) is 7.02. The molecule has 0 aliphatic heterocycles. The van der Waals surface area contributed by atoms with Gasteiger partial charge in [0.25, 0.3) is 0 Å². The van der Waals surface area contributed by atoms with E-state index in [0.717, 1.165) is 11.1 Å².